The van der Waals surface area contributed by atoms with Crippen molar-refractivity contribution in [2.24, 2.45) is 11.6 Å². The molecule has 4 heteroatoms. The van der Waals surface area contributed by atoms with Crippen LogP contribution in [0.4, 0.5) is 0 Å². The van der Waals surface area contributed by atoms with E-state index in [0.29, 0.717) is 11.2 Å². The molecular formula is C4H9N3S. The number of nitrogens with zero attached hydrogens (tertiary/aromatic N) is 1. The van der Waals surface area contributed by atoms with Crippen LogP contribution in [-0.2, 0) is 0 Å². The van der Waals surface area contributed by atoms with Gasteiger partial charge in [0, 0.05) is 6.04 Å². The van der Waals surface area contributed by atoms with Crippen LogP contribution in [0.2, 0.25) is 0 Å². The zero-order chi connectivity index (χ0) is 6.15. The zero-order valence-electron chi connectivity index (χ0n) is 4.50. The molecule has 0 heterocycles. The summed E-state index contributed by atoms with van der Waals surface area (Å²) in [4.78, 5) is 0. The second kappa shape index (κ2) is 1.87. The molecule has 0 atom stereocenters. The van der Waals surface area contributed by atoms with Gasteiger partial charge in [-0.25, -0.2) is 5.84 Å². The molecule has 3 nitrogen and oxygen atoms in total. The summed E-state index contributed by atoms with van der Waals surface area (Å²) in [6.45, 7) is 0. The molecule has 0 bridgehead atoms. The van der Waals surface area contributed by atoms with Gasteiger partial charge in [0.25, 0.3) is 0 Å². The minimum Gasteiger partial charge on any atom is -0.375 e. The van der Waals surface area contributed by atoms with Crippen molar-refractivity contribution in [2.45, 2.75) is 18.9 Å². The van der Waals surface area contributed by atoms with Crippen LogP contribution >= 0.6 is 12.2 Å². The molecule has 1 aliphatic carbocycles. The Morgan fingerprint density at radius 3 is 2.25 bits per heavy atom. The molecule has 0 spiro atoms. The first-order chi connectivity index (χ1) is 3.72. The van der Waals surface area contributed by atoms with E-state index in [0.717, 1.165) is 12.8 Å². The first kappa shape index (κ1) is 5.78. The summed E-state index contributed by atoms with van der Waals surface area (Å²) in [7, 11) is 0. The fourth-order valence-electron chi connectivity index (χ4n) is 0.533. The van der Waals surface area contributed by atoms with E-state index < -0.39 is 0 Å². The molecule has 0 aliphatic heterocycles. The van der Waals surface area contributed by atoms with E-state index >= 15 is 0 Å². The van der Waals surface area contributed by atoms with Crippen molar-refractivity contribution < 1.29 is 0 Å². The summed E-state index contributed by atoms with van der Waals surface area (Å²) >= 11 is 4.61. The number of hydrogen-bond acceptors (Lipinski definition) is 2. The largest absolute Gasteiger partial charge is 0.375 e. The maximum atomic E-state index is 5.39. The Hall–Kier alpha value is -0.350. The van der Waals surface area contributed by atoms with Gasteiger partial charge in [0.1, 0.15) is 0 Å². The molecule has 0 aromatic rings. The molecule has 0 aromatic carbocycles. The number of nitrogens with two attached hydrogens (primary N) is 2. The van der Waals surface area contributed by atoms with Gasteiger partial charge in [0.05, 0.1) is 0 Å². The average molecular weight is 131 g/mol. The molecule has 0 radical (unpaired) electrons. The predicted octanol–water partition coefficient (Wildman–Crippen LogP) is -0.432. The minimum absolute atomic E-state index is 0.299. The van der Waals surface area contributed by atoms with Crippen LogP contribution in [0.25, 0.3) is 0 Å². The van der Waals surface area contributed by atoms with Crippen molar-refractivity contribution in [3.63, 3.8) is 0 Å². The van der Waals surface area contributed by atoms with Gasteiger partial charge in [-0.2, -0.15) is 0 Å². The van der Waals surface area contributed by atoms with Crippen molar-refractivity contribution in [3.8, 4) is 0 Å². The molecule has 0 aromatic heterocycles. The molecule has 0 saturated heterocycles. The van der Waals surface area contributed by atoms with Gasteiger partial charge < -0.3 is 5.73 Å². The van der Waals surface area contributed by atoms with Gasteiger partial charge in [-0.1, -0.05) is 0 Å². The van der Waals surface area contributed by atoms with E-state index in [1.54, 1.807) is 0 Å². The van der Waals surface area contributed by atoms with Crippen LogP contribution in [0.1, 0.15) is 12.8 Å². The van der Waals surface area contributed by atoms with Gasteiger partial charge in [-0.05, 0) is 25.1 Å². The predicted molar refractivity (Wildman–Crippen MR) is 35.8 cm³/mol. The lowest BCUT2D eigenvalue weighted by Crippen LogP contribution is -2.42. The summed E-state index contributed by atoms with van der Waals surface area (Å²) in [6, 6.07) is 0.437. The van der Waals surface area contributed by atoms with Crippen LogP contribution < -0.4 is 11.6 Å². The van der Waals surface area contributed by atoms with Gasteiger partial charge in [0.15, 0.2) is 5.11 Å². The molecular weight excluding hydrogens is 122 g/mol. The normalized spacial score (nSPS) is 18.1. The highest BCUT2D eigenvalue weighted by molar-refractivity contribution is 7.80. The van der Waals surface area contributed by atoms with E-state index in [9.17, 15) is 0 Å². The number of hydrogen-bond donors (Lipinski definition) is 2. The Morgan fingerprint density at radius 1 is 1.62 bits per heavy atom. The van der Waals surface area contributed by atoms with Crippen molar-refractivity contribution in [3.05, 3.63) is 0 Å². The quantitative estimate of drug-likeness (QED) is 0.288. The van der Waals surface area contributed by atoms with Gasteiger partial charge in [-0.3, -0.25) is 5.01 Å². The monoisotopic (exact) mass is 131 g/mol. The van der Waals surface area contributed by atoms with E-state index in [4.69, 9.17) is 11.6 Å². The van der Waals surface area contributed by atoms with E-state index in [1.807, 2.05) is 0 Å². The third kappa shape index (κ3) is 1.08. The third-order valence-corrected chi connectivity index (χ3v) is 1.41. The lowest BCUT2D eigenvalue weighted by molar-refractivity contribution is 0.433. The molecule has 0 unspecified atom stereocenters. The van der Waals surface area contributed by atoms with Crippen molar-refractivity contribution in [1.82, 2.24) is 5.01 Å². The lowest BCUT2D eigenvalue weighted by atomic mass is 10.7. The van der Waals surface area contributed by atoms with E-state index in [-0.39, 0.29) is 0 Å². The summed E-state index contributed by atoms with van der Waals surface area (Å²) in [6.07, 6.45) is 2.27. The third-order valence-electron chi connectivity index (χ3n) is 1.19. The van der Waals surface area contributed by atoms with Crippen molar-refractivity contribution >= 4 is 17.3 Å². The minimum atomic E-state index is 0.299. The van der Waals surface area contributed by atoms with Crippen LogP contribution in [0, 0.1) is 0 Å². The molecule has 1 fully saturated rings. The Bertz CT molecular complexity index is 110. The summed E-state index contributed by atoms with van der Waals surface area (Å²) in [5.41, 5.74) is 5.21. The summed E-state index contributed by atoms with van der Waals surface area (Å²) in [5, 5.41) is 1.75. The fraction of sp³-hybridized carbons (Fsp3) is 0.750. The van der Waals surface area contributed by atoms with Crippen molar-refractivity contribution in [1.29, 1.82) is 0 Å². The molecule has 46 valence electrons. The van der Waals surface area contributed by atoms with Crippen LogP contribution in [0.3, 0.4) is 0 Å². The Balaban J connectivity index is 2.32. The molecule has 1 aliphatic rings. The Morgan fingerprint density at radius 2 is 2.12 bits per heavy atom. The lowest BCUT2D eigenvalue weighted by Gasteiger charge is -2.13. The fourth-order valence-corrected chi connectivity index (χ4v) is 0.682. The first-order valence-electron chi connectivity index (χ1n) is 2.55. The summed E-state index contributed by atoms with van der Waals surface area (Å²) in [5.74, 6) is 5.39. The highest BCUT2D eigenvalue weighted by Crippen LogP contribution is 2.23. The smallest absolute Gasteiger partial charge is 0.180 e. The molecule has 4 N–H and O–H groups in total. The number of hydrazine groups is 1. The standard InChI is InChI=1S/C4H9N3S/c5-4(8)7(6)3-1-2-3/h3H,1-2,6H2,(H2,5,8). The molecule has 0 amide bonds. The SMILES string of the molecule is NC(=S)N(N)C1CC1. The van der Waals surface area contributed by atoms with Crippen LogP contribution in [-0.4, -0.2) is 16.2 Å². The van der Waals surface area contributed by atoms with Gasteiger partial charge >= 0.3 is 0 Å². The molecule has 8 heavy (non-hydrogen) atoms. The molecule has 1 saturated carbocycles. The maximum Gasteiger partial charge on any atom is 0.180 e. The Kier molecular flexibility index (Phi) is 1.35. The first-order valence-corrected chi connectivity index (χ1v) is 2.96. The zero-order valence-corrected chi connectivity index (χ0v) is 5.32. The highest BCUT2D eigenvalue weighted by atomic mass is 32.1. The highest BCUT2D eigenvalue weighted by Gasteiger charge is 2.27. The van der Waals surface area contributed by atoms with Gasteiger partial charge in [0.2, 0.25) is 0 Å². The maximum absolute atomic E-state index is 5.39. The van der Waals surface area contributed by atoms with Crippen LogP contribution in [0.15, 0.2) is 0 Å². The second-order valence-electron chi connectivity index (χ2n) is 1.98. The number of rotatable bonds is 1. The second-order valence-corrected chi connectivity index (χ2v) is 2.39. The van der Waals surface area contributed by atoms with Crippen molar-refractivity contribution in [2.75, 3.05) is 0 Å². The van der Waals surface area contributed by atoms with E-state index in [2.05, 4.69) is 12.2 Å². The summed E-state index contributed by atoms with van der Waals surface area (Å²) < 4.78 is 0. The average Bonchev–Trinajstić information content (AvgIpc) is 2.43. The van der Waals surface area contributed by atoms with Gasteiger partial charge in [-0.15, -0.1) is 0 Å². The van der Waals surface area contributed by atoms with E-state index in [1.165, 1.54) is 5.01 Å². The molecule has 1 rings (SSSR count). The number of thiocarbonyl (C=S) groups is 1. The Labute approximate surface area is 53.6 Å². The van der Waals surface area contributed by atoms with Crippen LogP contribution in [0.5, 0.6) is 0 Å². The topological polar surface area (TPSA) is 55.3 Å².